The minimum atomic E-state index is -4.18. The van der Waals surface area contributed by atoms with Gasteiger partial charge < -0.3 is 17.6 Å². The summed E-state index contributed by atoms with van der Waals surface area (Å²) in [7, 11) is 0. The first-order chi connectivity index (χ1) is 14.1. The molecule has 7 heteroatoms. The standard InChI is InChI=1S/C23H25BF4N2/c1-7-16-12(3)22-20(18-10-9-11-19(25)21(18)26)23-13(4)17(8-2)15(6)30(23)24(27,28)29(22)14(16)5/h9-11H,7-8H2,1-6H3. The fourth-order valence-corrected chi connectivity index (χ4v) is 5.43. The molecule has 0 aliphatic carbocycles. The van der Waals surface area contributed by atoms with E-state index in [9.17, 15) is 4.39 Å². The second-order valence-electron chi connectivity index (χ2n) is 8.09. The van der Waals surface area contributed by atoms with Crippen LogP contribution in [0.15, 0.2) is 35.0 Å². The molecule has 3 heterocycles. The monoisotopic (exact) mass is 416 g/mol. The zero-order valence-corrected chi connectivity index (χ0v) is 18.1. The number of benzene rings is 1. The summed E-state index contributed by atoms with van der Waals surface area (Å²) in [5, 5.41) is 0. The van der Waals surface area contributed by atoms with Crippen molar-refractivity contribution in [2.45, 2.75) is 54.4 Å². The molecule has 0 saturated heterocycles. The van der Waals surface area contributed by atoms with Crippen LogP contribution < -0.4 is 0 Å². The van der Waals surface area contributed by atoms with E-state index in [1.54, 1.807) is 27.7 Å². The van der Waals surface area contributed by atoms with Gasteiger partial charge in [-0.2, -0.15) is 0 Å². The van der Waals surface area contributed by atoms with Crippen LogP contribution in [0.3, 0.4) is 0 Å². The Morgan fingerprint density at radius 3 is 2.27 bits per heavy atom. The van der Waals surface area contributed by atoms with Gasteiger partial charge in [-0.05, 0) is 56.5 Å². The number of allylic oxidation sites excluding steroid dienone is 2. The van der Waals surface area contributed by atoms with Crippen molar-refractivity contribution in [1.82, 2.24) is 4.48 Å². The molecule has 2 nitrogen and oxygen atoms in total. The van der Waals surface area contributed by atoms with Gasteiger partial charge in [0, 0.05) is 29.3 Å². The average molecular weight is 416 g/mol. The van der Waals surface area contributed by atoms with E-state index in [0.717, 1.165) is 26.2 Å². The Morgan fingerprint density at radius 2 is 1.67 bits per heavy atom. The molecular formula is C23H25BF4N2. The van der Waals surface area contributed by atoms with Crippen molar-refractivity contribution in [3.05, 3.63) is 74.8 Å². The minimum absolute atomic E-state index is 0.00954. The lowest BCUT2D eigenvalue weighted by atomic mass is 9.83. The highest BCUT2D eigenvalue weighted by Crippen LogP contribution is 2.47. The first kappa shape index (κ1) is 20.7. The van der Waals surface area contributed by atoms with Gasteiger partial charge in [-0.3, -0.25) is 0 Å². The molecule has 158 valence electrons. The largest absolute Gasteiger partial charge is 0.737 e. The Kier molecular flexibility index (Phi) is 4.64. The van der Waals surface area contributed by atoms with Crippen LogP contribution in [0.1, 0.15) is 62.2 Å². The number of rotatable bonds is 3. The molecule has 2 aliphatic heterocycles. The Morgan fingerprint density at radius 1 is 1.00 bits per heavy atom. The number of fused-ring (bicyclic) bond motifs is 2. The van der Waals surface area contributed by atoms with Gasteiger partial charge in [0.25, 0.3) is 0 Å². The van der Waals surface area contributed by atoms with Crippen LogP contribution in [0, 0.1) is 25.5 Å². The van der Waals surface area contributed by atoms with Crippen LogP contribution in [-0.4, -0.2) is 21.6 Å². The van der Waals surface area contributed by atoms with Crippen LogP contribution in [-0.2, 0) is 6.42 Å². The van der Waals surface area contributed by atoms with Gasteiger partial charge in [-0.25, -0.2) is 8.78 Å². The van der Waals surface area contributed by atoms with E-state index in [2.05, 4.69) is 0 Å². The molecule has 0 fully saturated rings. The lowest BCUT2D eigenvalue weighted by Crippen LogP contribution is -2.51. The molecule has 0 amide bonds. The van der Waals surface area contributed by atoms with E-state index in [4.69, 9.17) is 0 Å². The third-order valence-electron chi connectivity index (χ3n) is 6.72. The summed E-state index contributed by atoms with van der Waals surface area (Å²) in [6, 6.07) is 3.94. The SMILES string of the molecule is CCC1=C(C)C2=C(c3cccc(F)c3F)c3c(C)c(CC)c(C)n3[B-](F)(F)[N+]2=C1C. The van der Waals surface area contributed by atoms with Gasteiger partial charge in [0.05, 0.1) is 5.57 Å². The maximum atomic E-state index is 16.0. The molecule has 30 heavy (non-hydrogen) atoms. The van der Waals surface area contributed by atoms with Crippen molar-refractivity contribution in [2.24, 2.45) is 0 Å². The summed E-state index contributed by atoms with van der Waals surface area (Å²) in [5.41, 5.74) is 4.88. The molecular weight excluding hydrogens is 391 g/mol. The third-order valence-corrected chi connectivity index (χ3v) is 6.72. The normalized spacial score (nSPS) is 17.8. The fourth-order valence-electron chi connectivity index (χ4n) is 5.43. The highest BCUT2D eigenvalue weighted by molar-refractivity contribution is 6.58. The van der Waals surface area contributed by atoms with E-state index in [1.807, 2.05) is 13.8 Å². The van der Waals surface area contributed by atoms with Crippen molar-refractivity contribution in [3.8, 4) is 0 Å². The van der Waals surface area contributed by atoms with Crippen LogP contribution in [0.5, 0.6) is 0 Å². The molecule has 0 spiro atoms. The highest BCUT2D eigenvalue weighted by atomic mass is 19.2. The first-order valence-electron chi connectivity index (χ1n) is 10.3. The molecule has 0 radical (unpaired) electrons. The topological polar surface area (TPSA) is 7.94 Å². The van der Waals surface area contributed by atoms with E-state index in [0.29, 0.717) is 41.0 Å². The molecule has 0 N–H and O–H groups in total. The lowest BCUT2D eigenvalue weighted by Gasteiger charge is -2.34. The fraction of sp³-hybridized carbons (Fsp3) is 0.348. The Balaban J connectivity index is 2.27. The van der Waals surface area contributed by atoms with Gasteiger partial charge in [0.15, 0.2) is 17.3 Å². The van der Waals surface area contributed by atoms with Gasteiger partial charge in [-0.1, -0.05) is 26.0 Å². The molecule has 1 aromatic heterocycles. The number of aromatic nitrogens is 1. The molecule has 4 rings (SSSR count). The quantitative estimate of drug-likeness (QED) is 0.419. The van der Waals surface area contributed by atoms with Gasteiger partial charge in [-0.15, -0.1) is 0 Å². The molecule has 0 unspecified atom stereocenters. The molecule has 0 bridgehead atoms. The van der Waals surface area contributed by atoms with E-state index in [-0.39, 0.29) is 17.0 Å². The lowest BCUT2D eigenvalue weighted by molar-refractivity contribution is -0.363. The van der Waals surface area contributed by atoms with E-state index in [1.165, 1.54) is 12.1 Å². The third kappa shape index (κ3) is 2.41. The molecule has 0 saturated carbocycles. The zero-order valence-electron chi connectivity index (χ0n) is 18.1. The van der Waals surface area contributed by atoms with Crippen molar-refractivity contribution >= 4 is 18.3 Å². The van der Waals surface area contributed by atoms with Crippen LogP contribution >= 0.6 is 0 Å². The highest BCUT2D eigenvalue weighted by Gasteiger charge is 2.57. The number of hydrogen-bond donors (Lipinski definition) is 0. The molecule has 1 aromatic carbocycles. The molecule has 2 aliphatic rings. The zero-order chi connectivity index (χ0) is 22.1. The van der Waals surface area contributed by atoms with Crippen molar-refractivity contribution in [2.75, 3.05) is 0 Å². The average Bonchev–Trinajstić information content (AvgIpc) is 3.10. The van der Waals surface area contributed by atoms with Gasteiger partial charge in [0.1, 0.15) is 5.71 Å². The summed E-state index contributed by atoms with van der Waals surface area (Å²) >= 11 is 0. The van der Waals surface area contributed by atoms with Gasteiger partial charge >= 0.3 is 6.97 Å². The Hall–Kier alpha value is -2.57. The Labute approximate surface area is 174 Å². The second kappa shape index (κ2) is 6.72. The number of halogens is 4. The van der Waals surface area contributed by atoms with Crippen LogP contribution in [0.2, 0.25) is 0 Å². The first-order valence-corrected chi connectivity index (χ1v) is 10.3. The smallest absolute Gasteiger partial charge is 0.393 e. The molecule has 2 aromatic rings. The van der Waals surface area contributed by atoms with Gasteiger partial charge in [0.2, 0.25) is 0 Å². The number of hydrogen-bond acceptors (Lipinski definition) is 0. The summed E-state index contributed by atoms with van der Waals surface area (Å²) in [4.78, 5) is 0. The Bertz CT molecular complexity index is 1200. The summed E-state index contributed by atoms with van der Waals surface area (Å²) in [6.07, 6.45) is 1.16. The van der Waals surface area contributed by atoms with Crippen LogP contribution in [0.25, 0.3) is 5.57 Å². The minimum Gasteiger partial charge on any atom is -0.393 e. The van der Waals surface area contributed by atoms with Crippen molar-refractivity contribution in [3.63, 3.8) is 0 Å². The predicted octanol–water partition coefficient (Wildman–Crippen LogP) is 6.15. The van der Waals surface area contributed by atoms with Crippen molar-refractivity contribution in [1.29, 1.82) is 0 Å². The summed E-state index contributed by atoms with van der Waals surface area (Å²) in [5.74, 6) is -2.01. The maximum Gasteiger partial charge on any atom is 0.737 e. The van der Waals surface area contributed by atoms with Crippen LogP contribution in [0.4, 0.5) is 17.4 Å². The summed E-state index contributed by atoms with van der Waals surface area (Å²) < 4.78 is 63.4. The molecule has 0 atom stereocenters. The maximum absolute atomic E-state index is 16.0. The van der Waals surface area contributed by atoms with E-state index < -0.39 is 18.6 Å². The van der Waals surface area contributed by atoms with Crippen molar-refractivity contribution < 1.29 is 21.9 Å². The second-order valence-corrected chi connectivity index (χ2v) is 8.09. The predicted molar refractivity (Wildman–Crippen MR) is 113 cm³/mol. The van der Waals surface area contributed by atoms with E-state index >= 15 is 13.0 Å². The summed E-state index contributed by atoms with van der Waals surface area (Å²) in [6.45, 7) is 6.61. The number of nitrogens with zero attached hydrogens (tertiary/aromatic N) is 2.